The summed E-state index contributed by atoms with van der Waals surface area (Å²) in [6.07, 6.45) is 5.76. The van der Waals surface area contributed by atoms with Crippen molar-refractivity contribution in [1.82, 2.24) is 0 Å². The van der Waals surface area contributed by atoms with Crippen LogP contribution in [0.3, 0.4) is 0 Å². The average Bonchev–Trinajstić information content (AvgIpc) is 2.85. The molecule has 0 aromatic heterocycles. The van der Waals surface area contributed by atoms with E-state index in [9.17, 15) is 13.2 Å². The van der Waals surface area contributed by atoms with Gasteiger partial charge in [0, 0.05) is 24.7 Å². The van der Waals surface area contributed by atoms with E-state index in [1.807, 2.05) is 0 Å². The minimum absolute atomic E-state index is 0.278. The molecular formula is C15H19F3N2O. The molecule has 1 aliphatic heterocycles. The Morgan fingerprint density at radius 1 is 1.19 bits per heavy atom. The highest BCUT2D eigenvalue weighted by atomic mass is 19.3. The van der Waals surface area contributed by atoms with Crippen LogP contribution in [0.4, 0.5) is 24.5 Å². The molecule has 6 heteroatoms. The van der Waals surface area contributed by atoms with Gasteiger partial charge in [-0.1, -0.05) is 12.8 Å². The zero-order valence-electron chi connectivity index (χ0n) is 11.7. The Kier molecular flexibility index (Phi) is 3.87. The fourth-order valence-corrected chi connectivity index (χ4v) is 3.70. The fraction of sp³-hybridized carbons (Fsp3) is 0.600. The Labute approximate surface area is 121 Å². The van der Waals surface area contributed by atoms with Crippen LogP contribution in [0.25, 0.3) is 0 Å². The number of halogens is 3. The van der Waals surface area contributed by atoms with Gasteiger partial charge in [0.25, 0.3) is 0 Å². The maximum absolute atomic E-state index is 13.7. The Bertz CT molecular complexity index is 524. The maximum atomic E-state index is 13.7. The summed E-state index contributed by atoms with van der Waals surface area (Å²) in [6.45, 7) is -2.21. The number of fused-ring (bicyclic) bond motifs is 1. The van der Waals surface area contributed by atoms with E-state index in [4.69, 9.17) is 5.73 Å². The van der Waals surface area contributed by atoms with Crippen LogP contribution < -0.4 is 15.4 Å². The molecule has 2 fully saturated rings. The highest BCUT2D eigenvalue weighted by Crippen LogP contribution is 2.42. The minimum atomic E-state index is -3.04. The first-order chi connectivity index (χ1) is 10.1. The van der Waals surface area contributed by atoms with E-state index in [-0.39, 0.29) is 5.69 Å². The number of nitrogens with two attached hydrogens (primary N) is 1. The van der Waals surface area contributed by atoms with Gasteiger partial charge in [0.2, 0.25) is 0 Å². The second kappa shape index (κ2) is 5.66. The third-order valence-electron chi connectivity index (χ3n) is 4.62. The van der Waals surface area contributed by atoms with E-state index < -0.39 is 18.2 Å². The molecule has 1 aromatic carbocycles. The molecule has 1 aliphatic carbocycles. The van der Waals surface area contributed by atoms with Crippen LogP contribution in [0.1, 0.15) is 32.1 Å². The largest absolute Gasteiger partial charge is 0.432 e. The molecule has 1 heterocycles. The Balaban J connectivity index is 1.90. The molecule has 0 radical (unpaired) electrons. The zero-order chi connectivity index (χ0) is 15.0. The smallest absolute Gasteiger partial charge is 0.387 e. The van der Waals surface area contributed by atoms with Crippen LogP contribution in [0.5, 0.6) is 5.75 Å². The van der Waals surface area contributed by atoms with Gasteiger partial charge in [-0.3, -0.25) is 0 Å². The number of nitrogen functional groups attached to an aromatic ring is 1. The molecular weight excluding hydrogens is 281 g/mol. The molecule has 3 rings (SSSR count). The van der Waals surface area contributed by atoms with E-state index in [0.717, 1.165) is 25.5 Å². The third kappa shape index (κ3) is 2.76. The van der Waals surface area contributed by atoms with Crippen LogP contribution in [-0.2, 0) is 0 Å². The van der Waals surface area contributed by atoms with Gasteiger partial charge in [-0.2, -0.15) is 8.78 Å². The summed E-state index contributed by atoms with van der Waals surface area (Å²) in [5.41, 5.74) is 6.79. The van der Waals surface area contributed by atoms with Crippen molar-refractivity contribution in [3.8, 4) is 5.75 Å². The topological polar surface area (TPSA) is 38.5 Å². The van der Waals surface area contributed by atoms with Gasteiger partial charge in [-0.15, -0.1) is 0 Å². The van der Waals surface area contributed by atoms with Crippen molar-refractivity contribution in [3.63, 3.8) is 0 Å². The SMILES string of the molecule is Nc1cc(F)c(OC(F)F)cc1N1CCC2CCCCC21. The van der Waals surface area contributed by atoms with E-state index in [1.165, 1.54) is 25.3 Å². The van der Waals surface area contributed by atoms with Crippen molar-refractivity contribution in [2.24, 2.45) is 5.92 Å². The molecule has 0 amide bonds. The second-order valence-electron chi connectivity index (χ2n) is 5.81. The number of rotatable bonds is 3. The molecule has 1 saturated carbocycles. The fourth-order valence-electron chi connectivity index (χ4n) is 3.70. The Morgan fingerprint density at radius 3 is 2.71 bits per heavy atom. The summed E-state index contributed by atoms with van der Waals surface area (Å²) in [6, 6.07) is 2.77. The van der Waals surface area contributed by atoms with Crippen LogP contribution in [0.15, 0.2) is 12.1 Å². The lowest BCUT2D eigenvalue weighted by atomic mass is 9.85. The first-order valence-corrected chi connectivity index (χ1v) is 7.36. The van der Waals surface area contributed by atoms with E-state index >= 15 is 0 Å². The molecule has 2 unspecified atom stereocenters. The van der Waals surface area contributed by atoms with Gasteiger partial charge in [0.1, 0.15) is 0 Å². The van der Waals surface area contributed by atoms with Gasteiger partial charge in [-0.25, -0.2) is 4.39 Å². The predicted molar refractivity (Wildman–Crippen MR) is 75.2 cm³/mol. The molecule has 116 valence electrons. The first kappa shape index (κ1) is 14.4. The number of hydrogen-bond donors (Lipinski definition) is 1. The number of anilines is 2. The minimum Gasteiger partial charge on any atom is -0.432 e. The van der Waals surface area contributed by atoms with Gasteiger partial charge in [0.05, 0.1) is 11.4 Å². The number of hydrogen-bond acceptors (Lipinski definition) is 3. The van der Waals surface area contributed by atoms with E-state index in [2.05, 4.69) is 9.64 Å². The summed E-state index contributed by atoms with van der Waals surface area (Å²) in [5.74, 6) is -0.660. The summed E-state index contributed by atoms with van der Waals surface area (Å²) >= 11 is 0. The van der Waals surface area contributed by atoms with E-state index in [0.29, 0.717) is 17.6 Å². The van der Waals surface area contributed by atoms with Gasteiger partial charge in [0.15, 0.2) is 11.6 Å². The molecule has 21 heavy (non-hydrogen) atoms. The van der Waals surface area contributed by atoms with Crippen LogP contribution in [0.2, 0.25) is 0 Å². The second-order valence-corrected chi connectivity index (χ2v) is 5.81. The Morgan fingerprint density at radius 2 is 1.95 bits per heavy atom. The maximum Gasteiger partial charge on any atom is 0.387 e. The number of benzene rings is 1. The normalized spacial score (nSPS) is 25.2. The average molecular weight is 300 g/mol. The molecule has 2 atom stereocenters. The lowest BCUT2D eigenvalue weighted by Crippen LogP contribution is -2.35. The van der Waals surface area contributed by atoms with Crippen molar-refractivity contribution in [2.75, 3.05) is 17.2 Å². The Hall–Kier alpha value is -1.59. The van der Waals surface area contributed by atoms with Gasteiger partial charge >= 0.3 is 6.61 Å². The van der Waals surface area contributed by atoms with Crippen molar-refractivity contribution >= 4 is 11.4 Å². The highest BCUT2D eigenvalue weighted by molar-refractivity contribution is 5.71. The summed E-state index contributed by atoms with van der Waals surface area (Å²) in [4.78, 5) is 2.14. The highest BCUT2D eigenvalue weighted by Gasteiger charge is 2.36. The first-order valence-electron chi connectivity index (χ1n) is 7.36. The molecule has 1 saturated heterocycles. The van der Waals surface area contributed by atoms with E-state index in [1.54, 1.807) is 0 Å². The quantitative estimate of drug-likeness (QED) is 0.863. The van der Waals surface area contributed by atoms with Crippen LogP contribution in [-0.4, -0.2) is 19.2 Å². The summed E-state index contributed by atoms with van der Waals surface area (Å²) in [5, 5.41) is 0. The monoisotopic (exact) mass is 300 g/mol. The van der Waals surface area contributed by atoms with Gasteiger partial charge in [-0.05, 0) is 25.2 Å². The lowest BCUT2D eigenvalue weighted by Gasteiger charge is -2.34. The number of nitrogens with zero attached hydrogens (tertiary/aromatic N) is 1. The lowest BCUT2D eigenvalue weighted by molar-refractivity contribution is -0.0521. The predicted octanol–water partition coefficient (Wildman–Crippen LogP) is 3.78. The van der Waals surface area contributed by atoms with Crippen molar-refractivity contribution in [3.05, 3.63) is 17.9 Å². The standard InChI is InChI=1S/C15H19F3N2O/c16-10-7-11(19)13(8-14(10)21-15(17)18)20-6-5-9-3-1-2-4-12(9)20/h7-9,12,15H,1-6,19H2. The molecule has 3 nitrogen and oxygen atoms in total. The van der Waals surface area contributed by atoms with Crippen LogP contribution >= 0.6 is 0 Å². The van der Waals surface area contributed by atoms with Crippen molar-refractivity contribution in [2.45, 2.75) is 44.8 Å². The van der Waals surface area contributed by atoms with Gasteiger partial charge < -0.3 is 15.4 Å². The number of alkyl halides is 2. The molecule has 0 bridgehead atoms. The molecule has 1 aromatic rings. The molecule has 2 aliphatic rings. The number of ether oxygens (including phenoxy) is 1. The summed E-state index contributed by atoms with van der Waals surface area (Å²) < 4.78 is 42.6. The van der Waals surface area contributed by atoms with Crippen molar-refractivity contribution in [1.29, 1.82) is 0 Å². The van der Waals surface area contributed by atoms with Crippen molar-refractivity contribution < 1.29 is 17.9 Å². The zero-order valence-corrected chi connectivity index (χ0v) is 11.7. The molecule has 2 N–H and O–H groups in total. The van der Waals surface area contributed by atoms with Crippen LogP contribution in [0, 0.1) is 11.7 Å². The summed E-state index contributed by atoms with van der Waals surface area (Å²) in [7, 11) is 0. The molecule has 0 spiro atoms. The third-order valence-corrected chi connectivity index (χ3v) is 4.62.